The quantitative estimate of drug-likeness (QED) is 0.192. The van der Waals surface area contributed by atoms with E-state index in [1.54, 1.807) is 36.4 Å². The maximum atomic E-state index is 13.6. The van der Waals surface area contributed by atoms with E-state index >= 15 is 0 Å². The number of Topliss-reactive ketones (excluding diaryl/α,β-unsaturated/α-hetero) is 3. The fourth-order valence-electron chi connectivity index (χ4n) is 4.03. The van der Waals surface area contributed by atoms with Crippen LogP contribution in [0.1, 0.15) is 46.4 Å². The number of benzene rings is 2. The van der Waals surface area contributed by atoms with E-state index in [0.29, 0.717) is 25.8 Å². The van der Waals surface area contributed by atoms with E-state index in [1.165, 1.54) is 24.3 Å². The van der Waals surface area contributed by atoms with E-state index in [4.69, 9.17) is 5.73 Å². The van der Waals surface area contributed by atoms with Crippen LogP contribution in [0.5, 0.6) is 0 Å². The molecule has 2 aromatic carbocycles. The van der Waals surface area contributed by atoms with Gasteiger partial charge in [0.2, 0.25) is 0 Å². The molecule has 1 aliphatic rings. The molecule has 1 saturated heterocycles. The maximum absolute atomic E-state index is 13.6. The third-order valence-electron chi connectivity index (χ3n) is 5.68. The minimum Gasteiger partial charge on any atom is -0.330 e. The van der Waals surface area contributed by atoms with Crippen molar-refractivity contribution in [1.29, 1.82) is 0 Å². The lowest BCUT2D eigenvalue weighted by Crippen LogP contribution is -2.52. The van der Waals surface area contributed by atoms with Gasteiger partial charge in [0, 0.05) is 17.5 Å². The monoisotopic (exact) mass is 436 g/mol. The van der Waals surface area contributed by atoms with Crippen LogP contribution in [-0.2, 0) is 14.4 Å². The van der Waals surface area contributed by atoms with Crippen molar-refractivity contribution in [1.82, 2.24) is 5.06 Å². The number of amides is 2. The zero-order valence-electron chi connectivity index (χ0n) is 17.4. The number of hydrogen-bond acceptors (Lipinski definition) is 7. The Morgan fingerprint density at radius 2 is 1.44 bits per heavy atom. The van der Waals surface area contributed by atoms with Crippen LogP contribution in [0, 0.1) is 11.3 Å². The summed E-state index contributed by atoms with van der Waals surface area (Å²) in [5.74, 6) is -7.39. The predicted molar refractivity (Wildman–Crippen MR) is 114 cm³/mol. The number of imide groups is 1. The van der Waals surface area contributed by atoms with Crippen LogP contribution in [0.15, 0.2) is 60.7 Å². The second kappa shape index (κ2) is 9.76. The third kappa shape index (κ3) is 3.90. The van der Waals surface area contributed by atoms with Gasteiger partial charge in [0.1, 0.15) is 5.92 Å². The number of hydrogen-bond donors (Lipinski definition) is 2. The number of hydroxylamine groups is 2. The van der Waals surface area contributed by atoms with Crippen molar-refractivity contribution in [2.24, 2.45) is 17.1 Å². The number of unbranched alkanes of at least 4 members (excludes halogenated alkanes) is 2. The number of nitrogens with two attached hydrogens (primary N) is 1. The van der Waals surface area contributed by atoms with Gasteiger partial charge < -0.3 is 5.73 Å². The molecule has 1 heterocycles. The standard InChI is InChI=1S/C24H24N2O6/c25-15-9-3-8-14-18(27)24(21(29)17-12-6-2-7-13-17)19(22(30)26(32)23(24)31)20(28)16-10-4-1-5-11-16/h1-2,4-7,10-13,19,32H,3,8-9,14-15,25H2. The summed E-state index contributed by atoms with van der Waals surface area (Å²) in [6.45, 7) is 0.416. The Balaban J connectivity index is 2.15. The highest BCUT2D eigenvalue weighted by Gasteiger charge is 2.70. The average Bonchev–Trinajstić information content (AvgIpc) is 3.03. The van der Waals surface area contributed by atoms with E-state index in [-0.39, 0.29) is 22.6 Å². The minimum absolute atomic E-state index is 0.00915. The Morgan fingerprint density at radius 1 is 0.875 bits per heavy atom. The molecule has 8 nitrogen and oxygen atoms in total. The summed E-state index contributed by atoms with van der Waals surface area (Å²) in [5, 5.41) is 9.92. The van der Waals surface area contributed by atoms with Crippen molar-refractivity contribution in [2.75, 3.05) is 6.54 Å². The lowest BCUT2D eigenvalue weighted by Gasteiger charge is -2.28. The fraction of sp³-hybridized carbons (Fsp3) is 0.292. The van der Waals surface area contributed by atoms with E-state index in [2.05, 4.69) is 0 Å². The Hall–Kier alpha value is -3.49. The van der Waals surface area contributed by atoms with Crippen LogP contribution >= 0.6 is 0 Å². The highest BCUT2D eigenvalue weighted by molar-refractivity contribution is 6.39. The van der Waals surface area contributed by atoms with Gasteiger partial charge in [-0.2, -0.15) is 5.06 Å². The summed E-state index contributed by atoms with van der Waals surface area (Å²) in [7, 11) is 0. The van der Waals surface area contributed by atoms with Crippen LogP contribution in [-0.4, -0.2) is 46.0 Å². The summed E-state index contributed by atoms with van der Waals surface area (Å²) >= 11 is 0. The summed E-state index contributed by atoms with van der Waals surface area (Å²) < 4.78 is 0. The molecule has 3 rings (SSSR count). The normalized spacial score (nSPS) is 20.4. The van der Waals surface area contributed by atoms with Crippen molar-refractivity contribution >= 4 is 29.2 Å². The smallest absolute Gasteiger partial charge is 0.276 e. The fourth-order valence-corrected chi connectivity index (χ4v) is 4.03. The van der Waals surface area contributed by atoms with Crippen molar-refractivity contribution in [3.05, 3.63) is 71.8 Å². The van der Waals surface area contributed by atoms with Crippen molar-refractivity contribution < 1.29 is 29.2 Å². The topological polar surface area (TPSA) is 135 Å². The summed E-state index contributed by atoms with van der Waals surface area (Å²) in [5.41, 5.74) is 2.86. The average molecular weight is 436 g/mol. The Morgan fingerprint density at radius 3 is 2.00 bits per heavy atom. The van der Waals surface area contributed by atoms with Gasteiger partial charge >= 0.3 is 0 Å². The largest absolute Gasteiger partial charge is 0.330 e. The molecule has 0 radical (unpaired) electrons. The zero-order chi connectivity index (χ0) is 23.3. The molecule has 1 fully saturated rings. The molecule has 0 aromatic heterocycles. The lowest BCUT2D eigenvalue weighted by atomic mass is 9.65. The molecule has 0 aliphatic carbocycles. The molecule has 166 valence electrons. The maximum Gasteiger partial charge on any atom is 0.276 e. The number of carbonyl (C=O) groups excluding carboxylic acids is 5. The SMILES string of the molecule is NCCCCCC(=O)C1(C(=O)c2ccccc2)C(=O)N(O)C(=O)C1C(=O)c1ccccc1. The highest BCUT2D eigenvalue weighted by Crippen LogP contribution is 2.44. The molecular weight excluding hydrogens is 412 g/mol. The Labute approximate surface area is 185 Å². The molecule has 2 amide bonds. The highest BCUT2D eigenvalue weighted by atomic mass is 16.5. The van der Waals surface area contributed by atoms with Gasteiger partial charge in [-0.05, 0) is 19.4 Å². The first-order valence-electron chi connectivity index (χ1n) is 10.4. The number of nitrogens with zero attached hydrogens (tertiary/aromatic N) is 1. The van der Waals surface area contributed by atoms with Gasteiger partial charge in [0.15, 0.2) is 22.8 Å². The number of carbonyl (C=O) groups is 5. The molecule has 3 N–H and O–H groups in total. The van der Waals surface area contributed by atoms with Crippen molar-refractivity contribution in [2.45, 2.75) is 25.7 Å². The second-order valence-corrected chi connectivity index (χ2v) is 7.64. The minimum atomic E-state index is -2.66. The molecular formula is C24H24N2O6. The molecule has 2 aromatic rings. The first-order chi connectivity index (χ1) is 15.4. The first kappa shape index (κ1) is 23.2. The Kier molecular flexibility index (Phi) is 7.07. The Bertz CT molecular complexity index is 1040. The molecule has 1 aliphatic heterocycles. The third-order valence-corrected chi connectivity index (χ3v) is 5.68. The van der Waals surface area contributed by atoms with Crippen LogP contribution < -0.4 is 5.73 Å². The number of ketones is 3. The van der Waals surface area contributed by atoms with Crippen LogP contribution in [0.2, 0.25) is 0 Å². The lowest BCUT2D eigenvalue weighted by molar-refractivity contribution is -0.173. The molecule has 0 spiro atoms. The van der Waals surface area contributed by atoms with Crippen molar-refractivity contribution in [3.8, 4) is 0 Å². The van der Waals surface area contributed by atoms with Gasteiger partial charge in [-0.3, -0.25) is 29.2 Å². The zero-order valence-corrected chi connectivity index (χ0v) is 17.4. The first-order valence-corrected chi connectivity index (χ1v) is 10.4. The molecule has 32 heavy (non-hydrogen) atoms. The van der Waals surface area contributed by atoms with Gasteiger partial charge in [0.25, 0.3) is 11.8 Å². The molecule has 0 saturated carbocycles. The van der Waals surface area contributed by atoms with Crippen LogP contribution in [0.25, 0.3) is 0 Å². The van der Waals surface area contributed by atoms with Crippen molar-refractivity contribution in [3.63, 3.8) is 0 Å². The molecule has 0 bridgehead atoms. The number of rotatable bonds is 10. The van der Waals surface area contributed by atoms with E-state index in [1.807, 2.05) is 0 Å². The second-order valence-electron chi connectivity index (χ2n) is 7.64. The molecule has 8 heteroatoms. The van der Waals surface area contributed by atoms with E-state index in [9.17, 15) is 29.2 Å². The van der Waals surface area contributed by atoms with Gasteiger partial charge in [-0.15, -0.1) is 0 Å². The van der Waals surface area contributed by atoms with Gasteiger partial charge in [-0.1, -0.05) is 67.1 Å². The molecule has 2 atom stereocenters. The summed E-state index contributed by atoms with van der Waals surface area (Å²) in [4.78, 5) is 66.5. The summed E-state index contributed by atoms with van der Waals surface area (Å²) in [6.07, 6.45) is 1.31. The van der Waals surface area contributed by atoms with Crippen LogP contribution in [0.3, 0.4) is 0 Å². The molecule has 2 unspecified atom stereocenters. The van der Waals surface area contributed by atoms with E-state index in [0.717, 1.165) is 0 Å². The summed E-state index contributed by atoms with van der Waals surface area (Å²) in [6, 6.07) is 15.1. The van der Waals surface area contributed by atoms with Gasteiger partial charge in [-0.25, -0.2) is 0 Å². The predicted octanol–water partition coefficient (Wildman–Crippen LogP) is 2.20. The van der Waals surface area contributed by atoms with Gasteiger partial charge in [0.05, 0.1) is 0 Å². The van der Waals surface area contributed by atoms with E-state index < -0.39 is 40.5 Å². The van der Waals surface area contributed by atoms with Crippen LogP contribution in [0.4, 0.5) is 0 Å².